The molecule has 1 atom stereocenters. The van der Waals surface area contributed by atoms with Crippen LogP contribution in [0.3, 0.4) is 0 Å². The molecule has 30 heavy (non-hydrogen) atoms. The van der Waals surface area contributed by atoms with E-state index in [4.69, 9.17) is 14.7 Å². The van der Waals surface area contributed by atoms with E-state index in [0.717, 1.165) is 74.8 Å². The van der Waals surface area contributed by atoms with Gasteiger partial charge >= 0.3 is 0 Å². The van der Waals surface area contributed by atoms with E-state index in [0.29, 0.717) is 6.42 Å². The lowest BCUT2D eigenvalue weighted by molar-refractivity contribution is -0.131. The molecule has 2 aromatic rings. The number of anilines is 1. The summed E-state index contributed by atoms with van der Waals surface area (Å²) in [4.78, 5) is 26.7. The molecule has 1 fully saturated rings. The molecule has 0 N–H and O–H groups in total. The summed E-state index contributed by atoms with van der Waals surface area (Å²) >= 11 is 0. The van der Waals surface area contributed by atoms with Crippen LogP contribution < -0.4 is 9.64 Å². The summed E-state index contributed by atoms with van der Waals surface area (Å²) in [6.45, 7) is 6.73. The van der Waals surface area contributed by atoms with Gasteiger partial charge in [-0.15, -0.1) is 0 Å². The first-order valence-corrected chi connectivity index (χ1v) is 11.2. The van der Waals surface area contributed by atoms with Crippen molar-refractivity contribution < 1.29 is 9.53 Å². The summed E-state index contributed by atoms with van der Waals surface area (Å²) in [5.74, 6) is 3.02. The number of likely N-dealkylation sites (tertiary alicyclic amines) is 1. The third kappa shape index (κ3) is 4.00. The number of carbonyl (C=O) groups excluding carboxylic acids is 1. The largest absolute Gasteiger partial charge is 0.496 e. The number of carbonyl (C=O) groups is 1. The van der Waals surface area contributed by atoms with Crippen LogP contribution in [-0.4, -0.2) is 47.5 Å². The molecule has 0 saturated carbocycles. The molecule has 0 unspecified atom stereocenters. The summed E-state index contributed by atoms with van der Waals surface area (Å²) in [7, 11) is 1.73. The summed E-state index contributed by atoms with van der Waals surface area (Å²) in [5.41, 5.74) is 3.54. The first kappa shape index (κ1) is 20.6. The molecule has 1 amide bonds. The SMILES string of the molecule is CCC(=O)N1CCC[C@@H]1c1nc(C)c2c(n1)N(CCc1ccccc1OC)CCC2. The van der Waals surface area contributed by atoms with Gasteiger partial charge in [-0.1, -0.05) is 25.1 Å². The van der Waals surface area contributed by atoms with Crippen molar-refractivity contribution in [3.63, 3.8) is 0 Å². The number of benzene rings is 1. The van der Waals surface area contributed by atoms with E-state index in [1.807, 2.05) is 24.0 Å². The first-order chi connectivity index (χ1) is 14.6. The molecule has 3 heterocycles. The number of fused-ring (bicyclic) bond motifs is 1. The van der Waals surface area contributed by atoms with Gasteiger partial charge in [-0.05, 0) is 50.7 Å². The lowest BCUT2D eigenvalue weighted by atomic mass is 10.0. The van der Waals surface area contributed by atoms with Gasteiger partial charge in [0.25, 0.3) is 0 Å². The van der Waals surface area contributed by atoms with Crippen LogP contribution in [0.4, 0.5) is 5.82 Å². The normalized spacial score (nSPS) is 18.4. The minimum absolute atomic E-state index is 0.0134. The second-order valence-corrected chi connectivity index (χ2v) is 8.22. The van der Waals surface area contributed by atoms with Crippen LogP contribution in [-0.2, 0) is 17.6 Å². The number of aryl methyl sites for hydroxylation is 1. The van der Waals surface area contributed by atoms with Crippen LogP contribution in [0.1, 0.15) is 61.3 Å². The molecule has 1 aromatic carbocycles. The van der Waals surface area contributed by atoms with Crippen molar-refractivity contribution in [1.82, 2.24) is 14.9 Å². The Balaban J connectivity index is 1.60. The Kier molecular flexibility index (Phi) is 6.21. The van der Waals surface area contributed by atoms with Gasteiger partial charge in [0.05, 0.1) is 13.2 Å². The van der Waals surface area contributed by atoms with Crippen LogP contribution in [0.25, 0.3) is 0 Å². The zero-order chi connectivity index (χ0) is 21.1. The maximum atomic E-state index is 12.4. The zero-order valence-electron chi connectivity index (χ0n) is 18.4. The maximum Gasteiger partial charge on any atom is 0.222 e. The zero-order valence-corrected chi connectivity index (χ0v) is 18.4. The number of para-hydroxylation sites is 1. The fraction of sp³-hybridized carbons (Fsp3) is 0.542. The highest BCUT2D eigenvalue weighted by Crippen LogP contribution is 2.34. The summed E-state index contributed by atoms with van der Waals surface area (Å²) in [5, 5.41) is 0. The van der Waals surface area contributed by atoms with E-state index in [9.17, 15) is 4.79 Å². The van der Waals surface area contributed by atoms with Crippen LogP contribution in [0, 0.1) is 6.92 Å². The van der Waals surface area contributed by atoms with Gasteiger partial charge in [0.2, 0.25) is 5.91 Å². The summed E-state index contributed by atoms with van der Waals surface area (Å²) in [6.07, 6.45) is 5.55. The highest BCUT2D eigenvalue weighted by Gasteiger charge is 2.33. The van der Waals surface area contributed by atoms with Crippen molar-refractivity contribution in [2.45, 2.75) is 58.4 Å². The third-order valence-electron chi connectivity index (χ3n) is 6.38. The molecular weight excluding hydrogens is 376 g/mol. The highest BCUT2D eigenvalue weighted by atomic mass is 16.5. The van der Waals surface area contributed by atoms with Crippen LogP contribution in [0.2, 0.25) is 0 Å². The van der Waals surface area contributed by atoms with Gasteiger partial charge in [0.15, 0.2) is 5.82 Å². The van der Waals surface area contributed by atoms with Crippen LogP contribution >= 0.6 is 0 Å². The van der Waals surface area contributed by atoms with Gasteiger partial charge in [0.1, 0.15) is 11.6 Å². The summed E-state index contributed by atoms with van der Waals surface area (Å²) in [6, 6.07) is 8.23. The van der Waals surface area contributed by atoms with Gasteiger partial charge in [-0.25, -0.2) is 9.97 Å². The van der Waals surface area contributed by atoms with Crippen molar-refractivity contribution in [1.29, 1.82) is 0 Å². The standard InChI is InChI=1S/C24H32N4O2/c1-4-22(29)28-15-8-11-20(28)23-25-17(2)19-10-7-14-27(24(19)26-23)16-13-18-9-5-6-12-21(18)30-3/h5-6,9,12,20H,4,7-8,10-11,13-16H2,1-3H3/t20-/m1/s1. The Morgan fingerprint density at radius 2 is 2.03 bits per heavy atom. The molecule has 0 bridgehead atoms. The number of nitrogens with zero attached hydrogens (tertiary/aromatic N) is 4. The predicted molar refractivity (Wildman–Crippen MR) is 118 cm³/mol. The quantitative estimate of drug-likeness (QED) is 0.726. The molecule has 0 aliphatic carbocycles. The number of hydrogen-bond acceptors (Lipinski definition) is 5. The monoisotopic (exact) mass is 408 g/mol. The van der Waals surface area contributed by atoms with Crippen molar-refractivity contribution in [3.8, 4) is 5.75 Å². The van der Waals surface area contributed by atoms with Crippen LogP contribution in [0.15, 0.2) is 24.3 Å². The molecule has 1 aromatic heterocycles. The van der Waals surface area contributed by atoms with Crippen molar-refractivity contribution in [2.75, 3.05) is 31.6 Å². The maximum absolute atomic E-state index is 12.4. The minimum Gasteiger partial charge on any atom is -0.496 e. The number of ether oxygens (including phenoxy) is 1. The second-order valence-electron chi connectivity index (χ2n) is 8.22. The van der Waals surface area contributed by atoms with E-state index in [1.165, 1.54) is 11.1 Å². The second kappa shape index (κ2) is 9.02. The lowest BCUT2D eigenvalue weighted by Gasteiger charge is -2.32. The average Bonchev–Trinajstić information content (AvgIpc) is 3.27. The van der Waals surface area contributed by atoms with Crippen LogP contribution in [0.5, 0.6) is 5.75 Å². The molecule has 2 aliphatic heterocycles. The highest BCUT2D eigenvalue weighted by molar-refractivity contribution is 5.76. The smallest absolute Gasteiger partial charge is 0.222 e. The molecule has 2 aliphatic rings. The molecule has 4 rings (SSSR count). The number of amides is 1. The molecule has 6 nitrogen and oxygen atoms in total. The summed E-state index contributed by atoms with van der Waals surface area (Å²) < 4.78 is 5.52. The molecule has 0 spiro atoms. The van der Waals surface area contributed by atoms with Gasteiger partial charge in [-0.2, -0.15) is 0 Å². The number of rotatable bonds is 6. The van der Waals surface area contributed by atoms with Crippen molar-refractivity contribution in [3.05, 3.63) is 46.9 Å². The number of methoxy groups -OCH3 is 1. The Bertz CT molecular complexity index is 914. The molecular formula is C24H32N4O2. The van der Waals surface area contributed by atoms with Crippen molar-refractivity contribution >= 4 is 11.7 Å². The van der Waals surface area contributed by atoms with E-state index < -0.39 is 0 Å². The van der Waals surface area contributed by atoms with Crippen molar-refractivity contribution in [2.24, 2.45) is 0 Å². The fourth-order valence-electron chi connectivity index (χ4n) is 4.78. The van der Waals surface area contributed by atoms with E-state index in [-0.39, 0.29) is 11.9 Å². The van der Waals surface area contributed by atoms with Gasteiger partial charge in [0, 0.05) is 37.3 Å². The first-order valence-electron chi connectivity index (χ1n) is 11.2. The lowest BCUT2D eigenvalue weighted by Crippen LogP contribution is -2.35. The Morgan fingerprint density at radius 1 is 1.20 bits per heavy atom. The Labute approximate surface area is 179 Å². The topological polar surface area (TPSA) is 58.6 Å². The van der Waals surface area contributed by atoms with E-state index in [2.05, 4.69) is 24.0 Å². The Morgan fingerprint density at radius 3 is 2.83 bits per heavy atom. The average molecular weight is 409 g/mol. The third-order valence-corrected chi connectivity index (χ3v) is 6.38. The predicted octanol–water partition coefficient (Wildman–Crippen LogP) is 3.86. The molecule has 0 radical (unpaired) electrons. The molecule has 160 valence electrons. The van der Waals surface area contributed by atoms with E-state index in [1.54, 1.807) is 7.11 Å². The van der Waals surface area contributed by atoms with Gasteiger partial charge in [-0.3, -0.25) is 4.79 Å². The Hall–Kier alpha value is -2.63. The molecule has 1 saturated heterocycles. The number of hydrogen-bond donors (Lipinski definition) is 0. The van der Waals surface area contributed by atoms with E-state index >= 15 is 0 Å². The molecule has 6 heteroatoms. The number of aromatic nitrogens is 2. The van der Waals surface area contributed by atoms with Gasteiger partial charge < -0.3 is 14.5 Å². The minimum atomic E-state index is 0.0134. The fourth-order valence-corrected chi connectivity index (χ4v) is 4.78.